The average Bonchev–Trinajstić information content (AvgIpc) is 2.62. The fourth-order valence-electron chi connectivity index (χ4n) is 4.93. The molecule has 3 N–H and O–H groups in total. The largest absolute Gasteiger partial charge is 0.484 e. The van der Waals surface area contributed by atoms with E-state index in [4.69, 9.17) is 27.9 Å². The van der Waals surface area contributed by atoms with Crippen LogP contribution in [-0.4, -0.2) is 42.1 Å². The summed E-state index contributed by atoms with van der Waals surface area (Å²) in [6.45, 7) is 5.00. The zero-order valence-electron chi connectivity index (χ0n) is 16.7. The fraction of sp³-hybridized carbons (Fsp3) is 0.619. The number of carbonyl (C=O) groups is 2. The minimum absolute atomic E-state index is 0.0281. The van der Waals surface area contributed by atoms with E-state index in [-0.39, 0.29) is 35.4 Å². The van der Waals surface area contributed by atoms with Gasteiger partial charge in [-0.25, -0.2) is 0 Å². The number of amides is 2. The van der Waals surface area contributed by atoms with Gasteiger partial charge in [0.1, 0.15) is 5.75 Å². The lowest BCUT2D eigenvalue weighted by Gasteiger charge is -2.70. The first-order valence-corrected chi connectivity index (χ1v) is 10.9. The first kappa shape index (κ1) is 20.8. The molecular weight excluding hydrogens is 413 g/mol. The Labute approximate surface area is 181 Å². The highest BCUT2D eigenvalue weighted by Gasteiger charge is 2.69. The molecule has 1 aliphatic heterocycles. The lowest BCUT2D eigenvalue weighted by atomic mass is 9.44. The van der Waals surface area contributed by atoms with Crippen LogP contribution in [0.25, 0.3) is 0 Å². The predicted molar refractivity (Wildman–Crippen MR) is 112 cm³/mol. The Kier molecular flexibility index (Phi) is 5.47. The van der Waals surface area contributed by atoms with Gasteiger partial charge in [-0.2, -0.15) is 0 Å². The molecule has 3 aliphatic carbocycles. The van der Waals surface area contributed by atoms with Gasteiger partial charge in [0.05, 0.1) is 16.0 Å². The number of halogens is 2. The molecule has 0 spiro atoms. The van der Waals surface area contributed by atoms with Gasteiger partial charge in [-0.1, -0.05) is 30.1 Å². The standard InChI is InChI=1S/C21H27Cl2N3O3/c1-12-5-14(7-24-13(12)2)19(28)26-21-9-20(10-21,11-21)25-18(27)8-29-15-3-4-16(22)17(23)6-15/h3-4,6,12-14,24H,5,7-11H2,1-2H3,(H,25,27)(H,26,28). The van der Waals surface area contributed by atoms with Crippen LogP contribution in [0.4, 0.5) is 0 Å². The number of carbonyl (C=O) groups excluding carboxylic acids is 2. The van der Waals surface area contributed by atoms with Crippen molar-refractivity contribution in [2.75, 3.05) is 13.2 Å². The van der Waals surface area contributed by atoms with Gasteiger partial charge < -0.3 is 20.7 Å². The molecular formula is C21H27Cl2N3O3. The molecule has 1 heterocycles. The number of hydrogen-bond acceptors (Lipinski definition) is 4. The summed E-state index contributed by atoms with van der Waals surface area (Å²) in [4.78, 5) is 24.9. The van der Waals surface area contributed by atoms with Gasteiger partial charge in [-0.05, 0) is 50.7 Å². The van der Waals surface area contributed by atoms with E-state index in [0.29, 0.717) is 27.8 Å². The summed E-state index contributed by atoms with van der Waals surface area (Å²) in [7, 11) is 0. The lowest BCUT2D eigenvalue weighted by molar-refractivity contribution is -0.153. The zero-order chi connectivity index (χ0) is 20.8. The van der Waals surface area contributed by atoms with E-state index in [0.717, 1.165) is 32.2 Å². The number of ether oxygens (including phenoxy) is 1. The molecule has 0 radical (unpaired) electrons. The van der Waals surface area contributed by atoms with Gasteiger partial charge in [0, 0.05) is 29.7 Å². The molecule has 6 nitrogen and oxygen atoms in total. The van der Waals surface area contributed by atoms with Gasteiger partial charge in [-0.3, -0.25) is 9.59 Å². The molecule has 8 heteroatoms. The highest BCUT2D eigenvalue weighted by molar-refractivity contribution is 6.42. The molecule has 4 aliphatic rings. The van der Waals surface area contributed by atoms with Crippen LogP contribution < -0.4 is 20.7 Å². The maximum absolute atomic E-state index is 12.6. The Bertz CT molecular complexity index is 812. The van der Waals surface area contributed by atoms with Crippen LogP contribution in [0.5, 0.6) is 5.75 Å². The van der Waals surface area contributed by atoms with Gasteiger partial charge in [0.25, 0.3) is 5.91 Å². The van der Waals surface area contributed by atoms with Crippen molar-refractivity contribution < 1.29 is 14.3 Å². The molecule has 5 rings (SSSR count). The molecule has 1 saturated heterocycles. The molecule has 4 fully saturated rings. The van der Waals surface area contributed by atoms with E-state index < -0.39 is 0 Å². The Morgan fingerprint density at radius 1 is 1.14 bits per heavy atom. The molecule has 3 saturated carbocycles. The van der Waals surface area contributed by atoms with Crippen LogP contribution in [0.2, 0.25) is 10.0 Å². The summed E-state index contributed by atoms with van der Waals surface area (Å²) in [5.41, 5.74) is -0.334. The summed E-state index contributed by atoms with van der Waals surface area (Å²) in [5, 5.41) is 10.5. The quantitative estimate of drug-likeness (QED) is 0.636. The van der Waals surface area contributed by atoms with Gasteiger partial charge in [-0.15, -0.1) is 0 Å². The highest BCUT2D eigenvalue weighted by atomic mass is 35.5. The van der Waals surface area contributed by atoms with Gasteiger partial charge >= 0.3 is 0 Å². The fourth-order valence-corrected chi connectivity index (χ4v) is 5.22. The van der Waals surface area contributed by atoms with E-state index in [1.807, 2.05) is 0 Å². The number of hydrogen-bond donors (Lipinski definition) is 3. The second-order valence-corrected chi connectivity index (χ2v) is 9.91. The Balaban J connectivity index is 1.20. The minimum atomic E-state index is -0.196. The van der Waals surface area contributed by atoms with Crippen molar-refractivity contribution in [3.05, 3.63) is 28.2 Å². The molecule has 1 aromatic carbocycles. The van der Waals surface area contributed by atoms with E-state index >= 15 is 0 Å². The van der Waals surface area contributed by atoms with Crippen LogP contribution >= 0.6 is 23.2 Å². The highest BCUT2D eigenvalue weighted by Crippen LogP contribution is 2.60. The van der Waals surface area contributed by atoms with Crippen LogP contribution in [-0.2, 0) is 9.59 Å². The molecule has 3 unspecified atom stereocenters. The third-order valence-electron chi connectivity index (χ3n) is 6.65. The van der Waals surface area contributed by atoms with Crippen LogP contribution in [0, 0.1) is 11.8 Å². The Hall–Kier alpha value is -1.50. The van der Waals surface area contributed by atoms with Gasteiger partial charge in [0.15, 0.2) is 6.61 Å². The zero-order valence-corrected chi connectivity index (χ0v) is 18.2. The first-order chi connectivity index (χ1) is 13.7. The van der Waals surface area contributed by atoms with Crippen molar-refractivity contribution in [3.8, 4) is 5.75 Å². The summed E-state index contributed by atoms with van der Waals surface area (Å²) in [5.74, 6) is 0.989. The number of nitrogens with one attached hydrogen (secondary N) is 3. The SMILES string of the molecule is CC1CC(C(=O)NC23CC(NC(=O)COc4ccc(Cl)c(Cl)c4)(C2)C3)CNC1C. The third kappa shape index (κ3) is 4.21. The van der Waals surface area contributed by atoms with Crippen LogP contribution in [0.3, 0.4) is 0 Å². The van der Waals surface area contributed by atoms with E-state index in [9.17, 15) is 9.59 Å². The second-order valence-electron chi connectivity index (χ2n) is 9.10. The van der Waals surface area contributed by atoms with Crippen LogP contribution in [0.1, 0.15) is 39.5 Å². The average molecular weight is 440 g/mol. The molecule has 158 valence electrons. The van der Waals surface area contributed by atoms with E-state index in [1.54, 1.807) is 18.2 Å². The molecule has 29 heavy (non-hydrogen) atoms. The second kappa shape index (κ2) is 7.64. The molecule has 0 aromatic heterocycles. The minimum Gasteiger partial charge on any atom is -0.484 e. The Morgan fingerprint density at radius 3 is 2.48 bits per heavy atom. The van der Waals surface area contributed by atoms with Crippen LogP contribution in [0.15, 0.2) is 18.2 Å². The Morgan fingerprint density at radius 2 is 1.83 bits per heavy atom. The van der Waals surface area contributed by atoms with Crippen molar-refractivity contribution >= 4 is 35.0 Å². The van der Waals surface area contributed by atoms with Crippen molar-refractivity contribution in [1.82, 2.24) is 16.0 Å². The number of piperidine rings is 1. The van der Waals surface area contributed by atoms with Crippen molar-refractivity contribution in [2.24, 2.45) is 11.8 Å². The molecule has 3 atom stereocenters. The summed E-state index contributed by atoms with van der Waals surface area (Å²) >= 11 is 11.8. The third-order valence-corrected chi connectivity index (χ3v) is 7.39. The van der Waals surface area contributed by atoms with Crippen molar-refractivity contribution in [3.63, 3.8) is 0 Å². The molecule has 1 aromatic rings. The predicted octanol–water partition coefficient (Wildman–Crippen LogP) is 2.91. The summed E-state index contributed by atoms with van der Waals surface area (Å²) < 4.78 is 5.49. The maximum atomic E-state index is 12.6. The normalized spacial score (nSPS) is 35.1. The van der Waals surface area contributed by atoms with E-state index in [2.05, 4.69) is 29.8 Å². The number of rotatable bonds is 6. The molecule has 2 amide bonds. The lowest BCUT2D eigenvalue weighted by Crippen LogP contribution is -2.84. The topological polar surface area (TPSA) is 79.5 Å². The maximum Gasteiger partial charge on any atom is 0.258 e. The molecule has 2 bridgehead atoms. The van der Waals surface area contributed by atoms with E-state index in [1.165, 1.54) is 0 Å². The smallest absolute Gasteiger partial charge is 0.258 e. The monoisotopic (exact) mass is 439 g/mol. The van der Waals surface area contributed by atoms with Crippen molar-refractivity contribution in [2.45, 2.75) is 56.7 Å². The number of benzene rings is 1. The van der Waals surface area contributed by atoms with Gasteiger partial charge in [0.2, 0.25) is 5.91 Å². The first-order valence-electron chi connectivity index (χ1n) is 10.1. The summed E-state index contributed by atoms with van der Waals surface area (Å²) in [6, 6.07) is 5.35. The van der Waals surface area contributed by atoms with Crippen molar-refractivity contribution in [1.29, 1.82) is 0 Å². The summed E-state index contributed by atoms with van der Waals surface area (Å²) in [6.07, 6.45) is 3.28.